The van der Waals surface area contributed by atoms with Crippen LogP contribution < -0.4 is 9.47 Å². The summed E-state index contributed by atoms with van der Waals surface area (Å²) in [6.07, 6.45) is 9.48. The molecule has 0 aliphatic carbocycles. The molecule has 1 N–H and O–H groups in total. The molecular formula is C37H44O3. The first-order chi connectivity index (χ1) is 19.7. The van der Waals surface area contributed by atoms with Gasteiger partial charge in [-0.25, -0.2) is 0 Å². The lowest BCUT2D eigenvalue weighted by molar-refractivity contribution is 0.305. The van der Waals surface area contributed by atoms with Crippen molar-refractivity contribution in [3.8, 4) is 17.2 Å². The van der Waals surface area contributed by atoms with Crippen LogP contribution in [-0.4, -0.2) is 18.3 Å². The molecule has 40 heavy (non-hydrogen) atoms. The molecule has 0 unspecified atom stereocenters. The predicted octanol–water partition coefficient (Wildman–Crippen LogP) is 9.69. The van der Waals surface area contributed by atoms with Gasteiger partial charge in [0.2, 0.25) is 0 Å². The van der Waals surface area contributed by atoms with Crippen LogP contribution in [0, 0.1) is 0 Å². The average molecular weight is 537 g/mol. The topological polar surface area (TPSA) is 38.7 Å². The maximum atomic E-state index is 10.1. The predicted molar refractivity (Wildman–Crippen MR) is 166 cm³/mol. The Bertz CT molecular complexity index is 1190. The molecule has 0 aliphatic heterocycles. The highest BCUT2D eigenvalue weighted by molar-refractivity contribution is 5.61. The second-order valence-corrected chi connectivity index (χ2v) is 10.5. The Balaban J connectivity index is 1.72. The second-order valence-electron chi connectivity index (χ2n) is 10.5. The number of phenolic OH excluding ortho intramolecular Hbond substituents is 1. The van der Waals surface area contributed by atoms with Crippen molar-refractivity contribution in [1.29, 1.82) is 0 Å². The molecule has 0 saturated carbocycles. The van der Waals surface area contributed by atoms with Gasteiger partial charge in [-0.05, 0) is 71.5 Å². The van der Waals surface area contributed by atoms with Crippen LogP contribution in [0.25, 0.3) is 0 Å². The molecule has 0 amide bonds. The molecule has 4 aromatic rings. The van der Waals surface area contributed by atoms with Crippen molar-refractivity contribution in [2.24, 2.45) is 0 Å². The summed E-state index contributed by atoms with van der Waals surface area (Å²) in [4.78, 5) is 0. The number of hydrogen-bond acceptors (Lipinski definition) is 3. The fraction of sp³-hybridized carbons (Fsp3) is 0.351. The van der Waals surface area contributed by atoms with E-state index in [0.29, 0.717) is 0 Å². The normalized spacial score (nSPS) is 11.3. The number of ether oxygens (including phenoxy) is 2. The van der Waals surface area contributed by atoms with Gasteiger partial charge in [0.05, 0.1) is 18.6 Å². The summed E-state index contributed by atoms with van der Waals surface area (Å²) in [6, 6.07) is 35.3. The van der Waals surface area contributed by atoms with Gasteiger partial charge in [0.15, 0.2) is 0 Å². The van der Waals surface area contributed by atoms with E-state index in [2.05, 4.69) is 92.7 Å². The van der Waals surface area contributed by atoms with E-state index in [1.807, 2.05) is 12.1 Å². The Kier molecular flexibility index (Phi) is 11.1. The van der Waals surface area contributed by atoms with Crippen LogP contribution in [0.4, 0.5) is 0 Å². The fourth-order valence-corrected chi connectivity index (χ4v) is 5.44. The molecular weight excluding hydrogens is 492 g/mol. The van der Waals surface area contributed by atoms with E-state index in [-0.39, 0.29) is 5.75 Å². The van der Waals surface area contributed by atoms with Crippen LogP contribution in [-0.2, 0) is 5.41 Å². The lowest BCUT2D eigenvalue weighted by Crippen LogP contribution is -2.31. The highest BCUT2D eigenvalue weighted by Gasteiger charge is 2.38. The van der Waals surface area contributed by atoms with E-state index in [9.17, 15) is 5.11 Å². The number of phenols is 1. The molecule has 0 saturated heterocycles. The van der Waals surface area contributed by atoms with E-state index < -0.39 is 5.41 Å². The number of hydrogen-bond donors (Lipinski definition) is 1. The lowest BCUT2D eigenvalue weighted by Gasteiger charge is -2.37. The van der Waals surface area contributed by atoms with E-state index in [0.717, 1.165) is 59.8 Å². The maximum absolute atomic E-state index is 10.1. The van der Waals surface area contributed by atoms with Crippen LogP contribution in [0.2, 0.25) is 0 Å². The SMILES string of the molecule is CCCCCCOc1ccc(C(c2ccccc2)(c2ccc(O)cc2)c2ccc(OCCCCCC)cc2)cc1. The van der Waals surface area contributed by atoms with Gasteiger partial charge in [0.1, 0.15) is 17.2 Å². The zero-order valence-electron chi connectivity index (χ0n) is 24.1. The van der Waals surface area contributed by atoms with Crippen LogP contribution in [0.5, 0.6) is 17.2 Å². The summed E-state index contributed by atoms with van der Waals surface area (Å²) in [7, 11) is 0. The van der Waals surface area contributed by atoms with Gasteiger partial charge in [-0.3, -0.25) is 0 Å². The van der Waals surface area contributed by atoms with Gasteiger partial charge in [-0.15, -0.1) is 0 Å². The second kappa shape index (κ2) is 15.2. The van der Waals surface area contributed by atoms with E-state index in [4.69, 9.17) is 9.47 Å². The molecule has 3 nitrogen and oxygen atoms in total. The summed E-state index contributed by atoms with van der Waals surface area (Å²) in [5.74, 6) is 2.03. The first-order valence-electron chi connectivity index (χ1n) is 15.0. The largest absolute Gasteiger partial charge is 0.508 e. The Labute approximate surface area is 240 Å². The van der Waals surface area contributed by atoms with Gasteiger partial charge < -0.3 is 14.6 Å². The smallest absolute Gasteiger partial charge is 0.119 e. The summed E-state index contributed by atoms with van der Waals surface area (Å²) < 4.78 is 12.2. The summed E-state index contributed by atoms with van der Waals surface area (Å²) in [5.41, 5.74) is 3.92. The molecule has 0 aromatic heterocycles. The van der Waals surface area contributed by atoms with Gasteiger partial charge >= 0.3 is 0 Å². The van der Waals surface area contributed by atoms with Gasteiger partial charge in [0, 0.05) is 0 Å². The molecule has 0 radical (unpaired) electrons. The minimum Gasteiger partial charge on any atom is -0.508 e. The Morgan fingerprint density at radius 3 is 1.30 bits per heavy atom. The van der Waals surface area contributed by atoms with Crippen LogP contribution >= 0.6 is 0 Å². The summed E-state index contributed by atoms with van der Waals surface area (Å²) >= 11 is 0. The Hall–Kier alpha value is -3.72. The third-order valence-corrected chi connectivity index (χ3v) is 7.62. The maximum Gasteiger partial charge on any atom is 0.119 e. The van der Waals surface area contributed by atoms with Crippen molar-refractivity contribution < 1.29 is 14.6 Å². The molecule has 0 fully saturated rings. The molecule has 0 bridgehead atoms. The van der Waals surface area contributed by atoms with Crippen LogP contribution in [0.3, 0.4) is 0 Å². The van der Waals surface area contributed by atoms with Crippen molar-refractivity contribution in [3.63, 3.8) is 0 Å². The molecule has 0 heterocycles. The van der Waals surface area contributed by atoms with Crippen LogP contribution in [0.15, 0.2) is 103 Å². The standard InChI is InChI=1S/C37H44O3/c1-3-5-7-12-28-39-35-24-18-32(19-25-35)37(30-14-10-9-11-15-30,31-16-22-34(38)23-17-31)33-20-26-36(27-21-33)40-29-13-8-6-4-2/h9-11,14-27,38H,3-8,12-13,28-29H2,1-2H3. The van der Waals surface area contributed by atoms with Crippen molar-refractivity contribution in [3.05, 3.63) is 125 Å². The minimum atomic E-state index is -0.589. The third kappa shape index (κ3) is 7.27. The first kappa shape index (κ1) is 29.3. The summed E-state index contributed by atoms with van der Waals surface area (Å²) in [6.45, 7) is 5.92. The molecule has 4 aromatic carbocycles. The number of unbranched alkanes of at least 4 members (excludes halogenated alkanes) is 6. The molecule has 210 valence electrons. The molecule has 4 rings (SSSR count). The van der Waals surface area contributed by atoms with Crippen molar-refractivity contribution in [2.45, 2.75) is 70.6 Å². The van der Waals surface area contributed by atoms with Gasteiger partial charge in [0.25, 0.3) is 0 Å². The van der Waals surface area contributed by atoms with Gasteiger partial charge in [-0.2, -0.15) is 0 Å². The van der Waals surface area contributed by atoms with E-state index >= 15 is 0 Å². The lowest BCUT2D eigenvalue weighted by atomic mass is 9.65. The molecule has 0 spiro atoms. The zero-order chi connectivity index (χ0) is 28.0. The third-order valence-electron chi connectivity index (χ3n) is 7.62. The van der Waals surface area contributed by atoms with Gasteiger partial charge in [-0.1, -0.05) is 119 Å². The minimum absolute atomic E-state index is 0.254. The van der Waals surface area contributed by atoms with Crippen molar-refractivity contribution in [2.75, 3.05) is 13.2 Å². The first-order valence-corrected chi connectivity index (χ1v) is 15.0. The number of benzene rings is 4. The summed E-state index contributed by atoms with van der Waals surface area (Å²) in [5, 5.41) is 10.1. The zero-order valence-corrected chi connectivity index (χ0v) is 24.1. The average Bonchev–Trinajstić information content (AvgIpc) is 3.00. The highest BCUT2D eigenvalue weighted by Crippen LogP contribution is 2.46. The number of aromatic hydroxyl groups is 1. The number of rotatable bonds is 16. The Morgan fingerprint density at radius 1 is 0.475 bits per heavy atom. The Morgan fingerprint density at radius 2 is 0.875 bits per heavy atom. The fourth-order valence-electron chi connectivity index (χ4n) is 5.44. The van der Waals surface area contributed by atoms with E-state index in [1.54, 1.807) is 12.1 Å². The highest BCUT2D eigenvalue weighted by atomic mass is 16.5. The van der Waals surface area contributed by atoms with Crippen molar-refractivity contribution >= 4 is 0 Å². The molecule has 3 heteroatoms. The van der Waals surface area contributed by atoms with E-state index in [1.165, 1.54) is 38.5 Å². The van der Waals surface area contributed by atoms with Crippen molar-refractivity contribution in [1.82, 2.24) is 0 Å². The molecule has 0 aliphatic rings. The molecule has 0 atom stereocenters. The monoisotopic (exact) mass is 536 g/mol. The quantitative estimate of drug-likeness (QED) is 0.114. The van der Waals surface area contributed by atoms with Crippen LogP contribution in [0.1, 0.15) is 87.5 Å².